The van der Waals surface area contributed by atoms with Crippen LogP contribution in [-0.2, 0) is 22.7 Å². The zero-order chi connectivity index (χ0) is 26.6. The van der Waals surface area contributed by atoms with E-state index in [0.717, 1.165) is 22.3 Å². The van der Waals surface area contributed by atoms with E-state index in [-0.39, 0.29) is 17.9 Å². The Kier molecular flexibility index (Phi) is 7.05. The number of amides is 1. The molecule has 1 amide bonds. The second-order valence-corrected chi connectivity index (χ2v) is 9.44. The largest absolute Gasteiger partial charge is 0.507 e. The van der Waals surface area contributed by atoms with Crippen molar-refractivity contribution in [2.45, 2.75) is 33.0 Å². The predicted molar refractivity (Wildman–Crippen MR) is 145 cm³/mol. The molecule has 190 valence electrons. The number of Topliss-reactive ketones (excluding diaryl/α,β-unsaturated/α-hetero) is 1. The number of rotatable bonds is 7. The molecule has 1 aliphatic heterocycles. The molecule has 0 radical (unpaired) electrons. The zero-order valence-corrected chi connectivity index (χ0v) is 21.3. The van der Waals surface area contributed by atoms with Crippen LogP contribution in [-0.4, -0.2) is 26.7 Å². The van der Waals surface area contributed by atoms with Crippen molar-refractivity contribution in [1.82, 2.24) is 9.88 Å². The lowest BCUT2D eigenvalue weighted by Crippen LogP contribution is -2.29. The minimum absolute atomic E-state index is 0.0794. The van der Waals surface area contributed by atoms with E-state index in [0.29, 0.717) is 23.5 Å². The molecule has 1 aliphatic rings. The fourth-order valence-corrected chi connectivity index (χ4v) is 4.70. The molecule has 5 rings (SSSR count). The average Bonchev–Trinajstić information content (AvgIpc) is 3.19. The smallest absolute Gasteiger partial charge is 0.295 e. The van der Waals surface area contributed by atoms with E-state index in [9.17, 15) is 14.7 Å². The molecule has 1 saturated heterocycles. The number of carbonyl (C=O) groups is 2. The highest BCUT2D eigenvalue weighted by molar-refractivity contribution is 6.46. The molecule has 38 heavy (non-hydrogen) atoms. The highest BCUT2D eigenvalue weighted by Crippen LogP contribution is 2.41. The number of likely N-dealkylation sites (tertiary alicyclic amines) is 1. The lowest BCUT2D eigenvalue weighted by atomic mass is 9.93. The van der Waals surface area contributed by atoms with E-state index in [1.807, 2.05) is 98.8 Å². The minimum atomic E-state index is -0.758. The standard InChI is InChI=1S/C32H28N2O4/c1-21-8-9-22(2)27(18-21)30(35)28-29(34(32(37)31(28)36)19-23-14-16-33-17-15-23)25-10-12-26(13-11-25)38-20-24-6-4-3-5-7-24/h3-18,29,35H,19-20H2,1-2H3/b30-28+. The molecule has 0 spiro atoms. The second kappa shape index (κ2) is 10.7. The first-order valence-corrected chi connectivity index (χ1v) is 12.4. The molecular formula is C32H28N2O4. The van der Waals surface area contributed by atoms with Gasteiger partial charge in [-0.3, -0.25) is 14.6 Å². The molecule has 0 aliphatic carbocycles. The van der Waals surface area contributed by atoms with Gasteiger partial charge in [0, 0.05) is 24.5 Å². The van der Waals surface area contributed by atoms with Crippen molar-refractivity contribution >= 4 is 17.4 Å². The number of aliphatic hydroxyl groups excluding tert-OH is 1. The quantitative estimate of drug-likeness (QED) is 0.193. The molecule has 6 nitrogen and oxygen atoms in total. The number of aliphatic hydroxyl groups is 1. The Morgan fingerprint density at radius 1 is 0.895 bits per heavy atom. The van der Waals surface area contributed by atoms with Crippen LogP contribution in [0.2, 0.25) is 0 Å². The van der Waals surface area contributed by atoms with Crippen molar-refractivity contribution in [1.29, 1.82) is 0 Å². The first kappa shape index (κ1) is 25.0. The third kappa shape index (κ3) is 5.06. The number of pyridine rings is 1. The first-order chi connectivity index (χ1) is 18.4. The molecule has 6 heteroatoms. The molecule has 1 fully saturated rings. The van der Waals surface area contributed by atoms with Gasteiger partial charge in [0.15, 0.2) is 0 Å². The van der Waals surface area contributed by atoms with Crippen LogP contribution in [0.25, 0.3) is 5.76 Å². The highest BCUT2D eigenvalue weighted by Gasteiger charge is 2.46. The molecule has 1 aromatic heterocycles. The molecule has 1 unspecified atom stereocenters. The molecule has 4 aromatic rings. The maximum atomic E-state index is 13.4. The van der Waals surface area contributed by atoms with Crippen molar-refractivity contribution in [3.63, 3.8) is 0 Å². The normalized spacial score (nSPS) is 16.6. The Hall–Kier alpha value is -4.71. The number of hydrogen-bond acceptors (Lipinski definition) is 5. The van der Waals surface area contributed by atoms with E-state index in [2.05, 4.69) is 4.98 Å². The predicted octanol–water partition coefficient (Wildman–Crippen LogP) is 5.90. The van der Waals surface area contributed by atoms with Crippen molar-refractivity contribution in [3.8, 4) is 5.75 Å². The summed E-state index contributed by atoms with van der Waals surface area (Å²) < 4.78 is 5.93. The van der Waals surface area contributed by atoms with Crippen LogP contribution in [0.3, 0.4) is 0 Å². The van der Waals surface area contributed by atoms with Gasteiger partial charge < -0.3 is 14.7 Å². The van der Waals surface area contributed by atoms with Gasteiger partial charge in [-0.15, -0.1) is 0 Å². The second-order valence-electron chi connectivity index (χ2n) is 9.44. The summed E-state index contributed by atoms with van der Waals surface area (Å²) in [6.45, 7) is 4.42. The van der Waals surface area contributed by atoms with Crippen molar-refractivity contribution in [2.24, 2.45) is 0 Å². The third-order valence-corrected chi connectivity index (χ3v) is 6.73. The SMILES string of the molecule is Cc1ccc(C)c(/C(O)=C2\C(=O)C(=O)N(Cc3ccncc3)C2c2ccc(OCc3ccccc3)cc2)c1. The fourth-order valence-electron chi connectivity index (χ4n) is 4.70. The van der Waals surface area contributed by atoms with E-state index in [4.69, 9.17) is 4.74 Å². The zero-order valence-electron chi connectivity index (χ0n) is 21.3. The van der Waals surface area contributed by atoms with Crippen LogP contribution < -0.4 is 4.74 Å². The fraction of sp³-hybridized carbons (Fsp3) is 0.156. The summed E-state index contributed by atoms with van der Waals surface area (Å²) in [4.78, 5) is 32.2. The van der Waals surface area contributed by atoms with Gasteiger partial charge >= 0.3 is 0 Å². The summed E-state index contributed by atoms with van der Waals surface area (Å²) in [7, 11) is 0. The Labute approximate surface area is 221 Å². The van der Waals surface area contributed by atoms with Gasteiger partial charge in [0.1, 0.15) is 18.1 Å². The molecule has 1 atom stereocenters. The number of ether oxygens (including phenoxy) is 1. The summed E-state index contributed by atoms with van der Waals surface area (Å²) in [5.41, 5.74) is 4.97. The van der Waals surface area contributed by atoms with Crippen LogP contribution in [0.15, 0.2) is 103 Å². The summed E-state index contributed by atoms with van der Waals surface area (Å²) in [5.74, 6) is -0.857. The number of aryl methyl sites for hydroxylation is 2. The number of aromatic nitrogens is 1. The average molecular weight is 505 g/mol. The Bertz CT molecular complexity index is 1500. The van der Waals surface area contributed by atoms with Crippen molar-refractivity contribution in [3.05, 3.63) is 136 Å². The van der Waals surface area contributed by atoms with Crippen molar-refractivity contribution in [2.75, 3.05) is 0 Å². The van der Waals surface area contributed by atoms with Gasteiger partial charge in [0.05, 0.1) is 11.6 Å². The maximum Gasteiger partial charge on any atom is 0.295 e. The number of hydrogen-bond donors (Lipinski definition) is 1. The number of benzene rings is 3. The van der Waals surface area contributed by atoms with Crippen LogP contribution in [0.1, 0.15) is 39.4 Å². The van der Waals surface area contributed by atoms with Crippen LogP contribution in [0.5, 0.6) is 5.75 Å². The lowest BCUT2D eigenvalue weighted by Gasteiger charge is -2.25. The van der Waals surface area contributed by atoms with E-state index < -0.39 is 17.7 Å². The monoisotopic (exact) mass is 504 g/mol. The molecule has 0 bridgehead atoms. The van der Waals surface area contributed by atoms with Gasteiger partial charge in [0.25, 0.3) is 11.7 Å². The van der Waals surface area contributed by atoms with Crippen LogP contribution in [0, 0.1) is 13.8 Å². The molecule has 2 heterocycles. The Morgan fingerprint density at radius 2 is 1.61 bits per heavy atom. The highest BCUT2D eigenvalue weighted by atomic mass is 16.5. The third-order valence-electron chi connectivity index (χ3n) is 6.73. The van der Waals surface area contributed by atoms with E-state index >= 15 is 0 Å². The van der Waals surface area contributed by atoms with Crippen molar-refractivity contribution < 1.29 is 19.4 Å². The summed E-state index contributed by atoms with van der Waals surface area (Å²) in [6, 6.07) is 25.7. The summed E-state index contributed by atoms with van der Waals surface area (Å²) in [5, 5.41) is 11.4. The van der Waals surface area contributed by atoms with Gasteiger partial charge in [0.2, 0.25) is 0 Å². The molecule has 1 N–H and O–H groups in total. The maximum absolute atomic E-state index is 13.4. The summed E-state index contributed by atoms with van der Waals surface area (Å²) in [6.07, 6.45) is 3.30. The molecule has 3 aromatic carbocycles. The van der Waals surface area contributed by atoms with E-state index in [1.54, 1.807) is 12.4 Å². The van der Waals surface area contributed by atoms with Gasteiger partial charge in [-0.25, -0.2) is 0 Å². The van der Waals surface area contributed by atoms with Crippen LogP contribution in [0.4, 0.5) is 0 Å². The summed E-state index contributed by atoms with van der Waals surface area (Å²) >= 11 is 0. The number of nitrogens with zero attached hydrogens (tertiary/aromatic N) is 2. The van der Waals surface area contributed by atoms with Crippen LogP contribution >= 0.6 is 0 Å². The number of ketones is 1. The van der Waals surface area contributed by atoms with Gasteiger partial charge in [-0.05, 0) is 66.4 Å². The first-order valence-electron chi connectivity index (χ1n) is 12.4. The number of carbonyl (C=O) groups excluding carboxylic acids is 2. The molecule has 0 saturated carbocycles. The van der Waals surface area contributed by atoms with Gasteiger partial charge in [-0.1, -0.05) is 60.2 Å². The molecular weight excluding hydrogens is 476 g/mol. The van der Waals surface area contributed by atoms with E-state index in [1.165, 1.54) is 4.90 Å². The Morgan fingerprint density at radius 3 is 2.32 bits per heavy atom. The topological polar surface area (TPSA) is 79.7 Å². The van der Waals surface area contributed by atoms with Gasteiger partial charge in [-0.2, -0.15) is 0 Å². The minimum Gasteiger partial charge on any atom is -0.507 e. The lowest BCUT2D eigenvalue weighted by molar-refractivity contribution is -0.140. The Balaban J connectivity index is 1.54.